The van der Waals surface area contributed by atoms with Gasteiger partial charge in [-0.3, -0.25) is 0 Å². The molecule has 1 saturated heterocycles. The second-order valence-electron chi connectivity index (χ2n) is 8.49. The molecule has 3 aromatic rings. The van der Waals surface area contributed by atoms with Gasteiger partial charge in [-0.1, -0.05) is 5.21 Å². The molecule has 3 heterocycles. The first-order chi connectivity index (χ1) is 16.8. The first kappa shape index (κ1) is 23.5. The number of benzene rings is 2. The normalized spacial score (nSPS) is 28.0. The van der Waals surface area contributed by atoms with Crippen molar-refractivity contribution >= 4 is 0 Å². The fourth-order valence-corrected chi connectivity index (χ4v) is 4.58. The van der Waals surface area contributed by atoms with Crippen LogP contribution in [0.5, 0.6) is 11.5 Å². The fraction of sp³-hybridized carbons (Fsp3) is 0.391. The second-order valence-corrected chi connectivity index (χ2v) is 8.49. The van der Waals surface area contributed by atoms with Gasteiger partial charge in [0.1, 0.15) is 41.5 Å². The molecule has 9 nitrogen and oxygen atoms in total. The van der Waals surface area contributed by atoms with E-state index in [1.54, 1.807) is 25.3 Å². The number of aromatic nitrogens is 3. The molecule has 0 aliphatic carbocycles. The van der Waals surface area contributed by atoms with Crippen molar-refractivity contribution in [3.8, 4) is 22.8 Å². The topological polar surface area (TPSA) is 119 Å². The largest absolute Gasteiger partial charge is 0.497 e. The molecule has 2 aliphatic rings. The summed E-state index contributed by atoms with van der Waals surface area (Å²) in [5, 5.41) is 39.8. The highest BCUT2D eigenvalue weighted by molar-refractivity contribution is 5.58. The maximum Gasteiger partial charge on any atom is 0.239 e. The Morgan fingerprint density at radius 2 is 1.91 bits per heavy atom. The van der Waals surface area contributed by atoms with Gasteiger partial charge in [0.2, 0.25) is 5.79 Å². The van der Waals surface area contributed by atoms with Crippen LogP contribution in [-0.2, 0) is 11.2 Å². The Bertz CT molecular complexity index is 1230. The SMILES string of the molecule is COc1ccc2c(c1)CCC1(O2)O[C@H](CO)[C@H](O)[C@H](n2cc(-c3cc(F)c(F)c(F)c3)nn2)[C@H]1O. The lowest BCUT2D eigenvalue weighted by atomic mass is 9.85. The van der Waals surface area contributed by atoms with Gasteiger partial charge in [-0.05, 0) is 42.3 Å². The van der Waals surface area contributed by atoms with E-state index in [9.17, 15) is 28.5 Å². The predicted octanol–water partition coefficient (Wildman–Crippen LogP) is 1.75. The van der Waals surface area contributed by atoms with E-state index in [2.05, 4.69) is 10.3 Å². The van der Waals surface area contributed by atoms with E-state index in [0.29, 0.717) is 17.9 Å². The lowest BCUT2D eigenvalue weighted by molar-refractivity contribution is -0.330. The van der Waals surface area contributed by atoms with Gasteiger partial charge in [0.15, 0.2) is 17.5 Å². The van der Waals surface area contributed by atoms with E-state index >= 15 is 0 Å². The van der Waals surface area contributed by atoms with Crippen molar-refractivity contribution in [1.29, 1.82) is 0 Å². The Morgan fingerprint density at radius 1 is 1.17 bits per heavy atom. The number of hydrogen-bond donors (Lipinski definition) is 3. The Morgan fingerprint density at radius 3 is 2.60 bits per heavy atom. The van der Waals surface area contributed by atoms with E-state index in [-0.39, 0.29) is 17.7 Å². The third kappa shape index (κ3) is 3.92. The summed E-state index contributed by atoms with van der Waals surface area (Å²) in [7, 11) is 1.54. The lowest BCUT2D eigenvalue weighted by Crippen LogP contribution is -2.66. The van der Waals surface area contributed by atoms with Crippen LogP contribution in [0.3, 0.4) is 0 Å². The number of aryl methyl sites for hydroxylation is 1. The fourth-order valence-electron chi connectivity index (χ4n) is 4.58. The van der Waals surface area contributed by atoms with Crippen molar-refractivity contribution in [2.45, 2.75) is 43.0 Å². The minimum absolute atomic E-state index is 0.0229. The highest BCUT2D eigenvalue weighted by Crippen LogP contribution is 2.45. The van der Waals surface area contributed by atoms with Crippen LogP contribution in [0.25, 0.3) is 11.3 Å². The molecule has 0 amide bonds. The molecule has 35 heavy (non-hydrogen) atoms. The summed E-state index contributed by atoms with van der Waals surface area (Å²) in [5.74, 6) is -4.95. The summed E-state index contributed by atoms with van der Waals surface area (Å²) in [4.78, 5) is 0. The predicted molar refractivity (Wildman–Crippen MR) is 113 cm³/mol. The van der Waals surface area contributed by atoms with Gasteiger partial charge in [-0.15, -0.1) is 5.10 Å². The van der Waals surface area contributed by atoms with E-state index in [1.165, 1.54) is 6.20 Å². The molecular formula is C23H22F3N3O6. The van der Waals surface area contributed by atoms with Gasteiger partial charge >= 0.3 is 0 Å². The van der Waals surface area contributed by atoms with Gasteiger partial charge < -0.3 is 29.5 Å². The molecule has 186 valence electrons. The molecule has 1 spiro atoms. The average molecular weight is 493 g/mol. The van der Waals surface area contributed by atoms with Crippen LogP contribution in [-0.4, -0.2) is 68.1 Å². The van der Waals surface area contributed by atoms with E-state index in [0.717, 1.165) is 22.4 Å². The number of halogens is 3. The van der Waals surface area contributed by atoms with Gasteiger partial charge in [0.05, 0.1) is 19.9 Å². The van der Waals surface area contributed by atoms with Crippen LogP contribution in [0, 0.1) is 17.5 Å². The number of ether oxygens (including phenoxy) is 3. The summed E-state index contributed by atoms with van der Waals surface area (Å²) in [5.41, 5.74) is 0.719. The molecule has 3 N–H and O–H groups in total. The van der Waals surface area contributed by atoms with Crippen molar-refractivity contribution in [1.82, 2.24) is 15.0 Å². The summed E-state index contributed by atoms with van der Waals surface area (Å²) < 4.78 is 59.1. The van der Waals surface area contributed by atoms with Crippen molar-refractivity contribution in [3.63, 3.8) is 0 Å². The number of rotatable bonds is 4. The quantitative estimate of drug-likeness (QED) is 0.471. The molecule has 1 unspecified atom stereocenters. The van der Waals surface area contributed by atoms with Crippen LogP contribution in [0.2, 0.25) is 0 Å². The summed E-state index contributed by atoms with van der Waals surface area (Å²) >= 11 is 0. The van der Waals surface area contributed by atoms with Crippen molar-refractivity contribution in [3.05, 3.63) is 59.5 Å². The molecular weight excluding hydrogens is 471 g/mol. The first-order valence-electron chi connectivity index (χ1n) is 10.8. The summed E-state index contributed by atoms with van der Waals surface area (Å²) in [6.45, 7) is -0.582. The summed E-state index contributed by atoms with van der Waals surface area (Å²) in [6.07, 6.45) is -2.18. The van der Waals surface area contributed by atoms with Gasteiger partial charge in [-0.2, -0.15) is 0 Å². The maximum absolute atomic E-state index is 13.7. The number of hydrogen-bond acceptors (Lipinski definition) is 8. The molecule has 5 rings (SSSR count). The summed E-state index contributed by atoms with van der Waals surface area (Å²) in [6, 6.07) is 5.49. The molecule has 2 aromatic carbocycles. The third-order valence-corrected chi connectivity index (χ3v) is 6.42. The molecule has 0 radical (unpaired) electrons. The molecule has 5 atom stereocenters. The van der Waals surface area contributed by atoms with E-state index in [1.807, 2.05) is 0 Å². The van der Waals surface area contributed by atoms with E-state index < -0.39 is 54.2 Å². The van der Waals surface area contributed by atoms with Gasteiger partial charge in [-0.25, -0.2) is 17.9 Å². The van der Waals surface area contributed by atoms with Crippen LogP contribution >= 0.6 is 0 Å². The zero-order valence-electron chi connectivity index (χ0n) is 18.4. The van der Waals surface area contributed by atoms with Crippen molar-refractivity contribution in [2.75, 3.05) is 13.7 Å². The van der Waals surface area contributed by atoms with Crippen LogP contribution in [0.15, 0.2) is 36.5 Å². The lowest BCUT2D eigenvalue weighted by Gasteiger charge is -2.50. The Kier molecular flexibility index (Phi) is 5.91. The zero-order chi connectivity index (χ0) is 24.9. The molecule has 2 aliphatic heterocycles. The monoisotopic (exact) mass is 493 g/mol. The van der Waals surface area contributed by atoms with Crippen LogP contribution < -0.4 is 9.47 Å². The molecule has 12 heteroatoms. The minimum Gasteiger partial charge on any atom is -0.497 e. The van der Waals surface area contributed by atoms with E-state index in [4.69, 9.17) is 14.2 Å². The highest BCUT2D eigenvalue weighted by atomic mass is 19.2. The molecule has 0 saturated carbocycles. The number of fused-ring (bicyclic) bond motifs is 1. The maximum atomic E-state index is 13.7. The molecule has 0 bridgehead atoms. The number of aliphatic hydroxyl groups excluding tert-OH is 3. The molecule has 1 fully saturated rings. The van der Waals surface area contributed by atoms with Gasteiger partial charge in [0.25, 0.3) is 0 Å². The highest BCUT2D eigenvalue weighted by Gasteiger charge is 2.57. The van der Waals surface area contributed by atoms with Crippen LogP contribution in [0.1, 0.15) is 18.0 Å². The Hall–Kier alpha value is -3.19. The minimum atomic E-state index is -1.63. The average Bonchev–Trinajstić information content (AvgIpc) is 3.34. The Balaban J connectivity index is 1.50. The third-order valence-electron chi connectivity index (χ3n) is 6.42. The second kappa shape index (κ2) is 8.79. The van der Waals surface area contributed by atoms with Gasteiger partial charge in [0, 0.05) is 12.0 Å². The standard InChI is InChI=1S/C23H22F3N3O6/c1-33-13-2-3-17-11(6-13)4-5-23(34-17)22(32)20(21(31)18(10-30)35-23)29-9-16(27-28-29)12-7-14(24)19(26)15(25)8-12/h2-3,6-9,18,20-22,30-32H,4-5,10H2,1H3/t18-,20+,21+,22-,23?/m1/s1. The smallest absolute Gasteiger partial charge is 0.239 e. The number of aliphatic hydroxyl groups is 3. The van der Waals surface area contributed by atoms with Crippen molar-refractivity contribution < 1.29 is 42.7 Å². The zero-order valence-corrected chi connectivity index (χ0v) is 18.4. The first-order valence-corrected chi connectivity index (χ1v) is 10.8. The Labute approximate surface area is 197 Å². The number of methoxy groups -OCH3 is 1. The van der Waals surface area contributed by atoms with Crippen molar-refractivity contribution in [2.24, 2.45) is 0 Å². The van der Waals surface area contributed by atoms with Crippen LogP contribution in [0.4, 0.5) is 13.2 Å². The molecule has 1 aromatic heterocycles. The number of nitrogens with zero attached hydrogens (tertiary/aromatic N) is 3.